The lowest BCUT2D eigenvalue weighted by molar-refractivity contribution is 0.468. The molecule has 0 heterocycles. The number of ether oxygens (including phenoxy) is 1. The summed E-state index contributed by atoms with van der Waals surface area (Å²) < 4.78 is 19.6. The van der Waals surface area contributed by atoms with Crippen LogP contribution in [0.2, 0.25) is 5.02 Å². The second-order valence-corrected chi connectivity index (χ2v) is 5.84. The average Bonchev–Trinajstić information content (AvgIpc) is 2.38. The zero-order chi connectivity index (χ0) is 14.7. The van der Waals surface area contributed by atoms with Gasteiger partial charge >= 0.3 is 0 Å². The lowest BCUT2D eigenvalue weighted by Crippen LogP contribution is -2.18. The largest absolute Gasteiger partial charge is 0.457 e. The highest BCUT2D eigenvalue weighted by Gasteiger charge is 2.12. The van der Waals surface area contributed by atoms with E-state index in [1.54, 1.807) is 30.3 Å². The fourth-order valence-corrected chi connectivity index (χ4v) is 2.31. The molecule has 2 aromatic carbocycles. The van der Waals surface area contributed by atoms with Crippen LogP contribution in [-0.4, -0.2) is 6.04 Å². The Morgan fingerprint density at radius 1 is 1.35 bits per heavy atom. The van der Waals surface area contributed by atoms with E-state index in [0.717, 1.165) is 5.56 Å². The molecule has 0 aliphatic carbocycles. The van der Waals surface area contributed by atoms with E-state index in [1.165, 1.54) is 6.07 Å². The molecule has 2 N–H and O–H groups in total. The summed E-state index contributed by atoms with van der Waals surface area (Å²) >= 11 is 9.28. The Kier molecular flexibility index (Phi) is 5.02. The van der Waals surface area contributed by atoms with E-state index in [1.807, 2.05) is 6.92 Å². The van der Waals surface area contributed by atoms with Gasteiger partial charge in [0.2, 0.25) is 0 Å². The van der Waals surface area contributed by atoms with Gasteiger partial charge in [-0.3, -0.25) is 0 Å². The summed E-state index contributed by atoms with van der Waals surface area (Å²) in [4.78, 5) is 0. The number of nitrogens with two attached hydrogens (primary N) is 1. The highest BCUT2D eigenvalue weighted by Crippen LogP contribution is 2.32. The first-order valence-corrected chi connectivity index (χ1v) is 7.30. The molecule has 0 spiro atoms. The van der Waals surface area contributed by atoms with Crippen LogP contribution in [0, 0.1) is 5.82 Å². The predicted molar refractivity (Wildman–Crippen MR) is 83.0 cm³/mol. The topological polar surface area (TPSA) is 35.2 Å². The maximum atomic E-state index is 13.5. The van der Waals surface area contributed by atoms with E-state index in [2.05, 4.69) is 15.9 Å². The van der Waals surface area contributed by atoms with Crippen LogP contribution >= 0.6 is 27.5 Å². The summed E-state index contributed by atoms with van der Waals surface area (Å²) in [5.74, 6) is 0.633. The van der Waals surface area contributed by atoms with E-state index >= 15 is 0 Å². The second-order valence-electron chi connectivity index (χ2n) is 4.58. The van der Waals surface area contributed by atoms with Crippen LogP contribution in [0.5, 0.6) is 11.5 Å². The molecule has 2 nitrogen and oxygen atoms in total. The van der Waals surface area contributed by atoms with Crippen LogP contribution in [0.25, 0.3) is 0 Å². The zero-order valence-electron chi connectivity index (χ0n) is 10.9. The average molecular weight is 359 g/mol. The van der Waals surface area contributed by atoms with E-state index in [9.17, 15) is 4.39 Å². The molecule has 1 atom stereocenters. The normalized spacial score (nSPS) is 12.2. The van der Waals surface area contributed by atoms with Crippen LogP contribution in [0.4, 0.5) is 4.39 Å². The van der Waals surface area contributed by atoms with Crippen molar-refractivity contribution in [2.45, 2.75) is 19.4 Å². The van der Waals surface area contributed by atoms with Gasteiger partial charge in [-0.1, -0.05) is 17.7 Å². The van der Waals surface area contributed by atoms with Gasteiger partial charge in [0.05, 0.1) is 4.47 Å². The minimum atomic E-state index is -0.377. The first kappa shape index (κ1) is 15.3. The van der Waals surface area contributed by atoms with Crippen LogP contribution in [0.15, 0.2) is 40.9 Å². The molecule has 0 saturated carbocycles. The molecule has 0 radical (unpaired) electrons. The number of hydrogen-bond acceptors (Lipinski definition) is 2. The number of hydrogen-bond donors (Lipinski definition) is 1. The first-order chi connectivity index (χ1) is 9.47. The summed E-state index contributed by atoms with van der Waals surface area (Å²) in [6.07, 6.45) is 0.591. The molecule has 1 unspecified atom stereocenters. The van der Waals surface area contributed by atoms with Crippen LogP contribution in [0.1, 0.15) is 12.5 Å². The van der Waals surface area contributed by atoms with Crippen molar-refractivity contribution >= 4 is 27.5 Å². The maximum Gasteiger partial charge on any atom is 0.141 e. The van der Waals surface area contributed by atoms with E-state index in [-0.39, 0.29) is 11.9 Å². The highest BCUT2D eigenvalue weighted by molar-refractivity contribution is 9.10. The third-order valence-corrected chi connectivity index (χ3v) is 3.72. The summed E-state index contributed by atoms with van der Waals surface area (Å²) in [5.41, 5.74) is 6.65. The number of halogens is 3. The number of benzene rings is 2. The summed E-state index contributed by atoms with van der Waals surface area (Å²) in [7, 11) is 0. The SMILES string of the molecule is CC(N)Cc1c(Cl)cccc1Oc1ccc(Br)c(F)c1. The van der Waals surface area contributed by atoms with Crippen LogP contribution in [0.3, 0.4) is 0 Å². The lowest BCUT2D eigenvalue weighted by atomic mass is 10.1. The lowest BCUT2D eigenvalue weighted by Gasteiger charge is -2.14. The summed E-state index contributed by atoms with van der Waals surface area (Å²) in [5, 5.41) is 0.595. The first-order valence-electron chi connectivity index (χ1n) is 6.13. The standard InChI is InChI=1S/C15H14BrClFNO/c1-9(19)7-11-13(17)3-2-4-15(11)20-10-5-6-12(16)14(18)8-10/h2-6,8-9H,7,19H2,1H3. The van der Waals surface area contributed by atoms with Crippen molar-refractivity contribution in [3.05, 3.63) is 57.3 Å². The molecule has 0 saturated heterocycles. The maximum absolute atomic E-state index is 13.5. The Morgan fingerprint density at radius 3 is 2.75 bits per heavy atom. The highest BCUT2D eigenvalue weighted by atomic mass is 79.9. The second kappa shape index (κ2) is 6.57. The zero-order valence-corrected chi connectivity index (χ0v) is 13.2. The molecule has 5 heteroatoms. The van der Waals surface area contributed by atoms with Gasteiger partial charge in [0.15, 0.2) is 0 Å². The summed E-state index contributed by atoms with van der Waals surface area (Å²) in [6.45, 7) is 1.90. The van der Waals surface area contributed by atoms with Gasteiger partial charge < -0.3 is 10.5 Å². The van der Waals surface area contributed by atoms with Crippen molar-refractivity contribution in [3.63, 3.8) is 0 Å². The van der Waals surface area contributed by atoms with Gasteiger partial charge in [0.1, 0.15) is 17.3 Å². The Balaban J connectivity index is 2.32. The van der Waals surface area contributed by atoms with Gasteiger partial charge in [-0.25, -0.2) is 4.39 Å². The minimum Gasteiger partial charge on any atom is -0.457 e. The Morgan fingerprint density at radius 2 is 2.10 bits per heavy atom. The monoisotopic (exact) mass is 357 g/mol. The molecular formula is C15H14BrClFNO. The molecule has 0 aromatic heterocycles. The van der Waals surface area contributed by atoms with Crippen LogP contribution in [-0.2, 0) is 6.42 Å². The van der Waals surface area contributed by atoms with E-state index in [0.29, 0.717) is 27.4 Å². The van der Waals surface area contributed by atoms with Crippen molar-refractivity contribution in [2.75, 3.05) is 0 Å². The molecule has 0 amide bonds. The Labute approximate surface area is 130 Å². The van der Waals surface area contributed by atoms with Gasteiger partial charge in [-0.05, 0) is 53.5 Å². The molecule has 0 bridgehead atoms. The third kappa shape index (κ3) is 3.72. The van der Waals surface area contributed by atoms with Crippen molar-refractivity contribution in [1.82, 2.24) is 0 Å². The van der Waals surface area contributed by atoms with Crippen LogP contribution < -0.4 is 10.5 Å². The van der Waals surface area contributed by atoms with Gasteiger partial charge in [0, 0.05) is 22.7 Å². The van der Waals surface area contributed by atoms with Gasteiger partial charge in [-0.15, -0.1) is 0 Å². The van der Waals surface area contributed by atoms with Crippen molar-refractivity contribution in [2.24, 2.45) is 5.73 Å². The third-order valence-electron chi connectivity index (χ3n) is 2.72. The predicted octanol–water partition coefficient (Wildman–Crippen LogP) is 4.92. The smallest absolute Gasteiger partial charge is 0.141 e. The fraction of sp³-hybridized carbons (Fsp3) is 0.200. The van der Waals surface area contributed by atoms with Crippen molar-refractivity contribution in [3.8, 4) is 11.5 Å². The minimum absolute atomic E-state index is 0.0427. The summed E-state index contributed by atoms with van der Waals surface area (Å²) in [6, 6.07) is 9.93. The van der Waals surface area contributed by atoms with E-state index < -0.39 is 0 Å². The van der Waals surface area contributed by atoms with Gasteiger partial charge in [-0.2, -0.15) is 0 Å². The number of rotatable bonds is 4. The fourth-order valence-electron chi connectivity index (χ4n) is 1.82. The van der Waals surface area contributed by atoms with Crippen molar-refractivity contribution < 1.29 is 9.13 Å². The molecule has 2 rings (SSSR count). The molecule has 0 aliphatic rings. The molecule has 20 heavy (non-hydrogen) atoms. The molecule has 2 aromatic rings. The molecular weight excluding hydrogens is 345 g/mol. The molecule has 0 fully saturated rings. The Bertz CT molecular complexity index is 619. The van der Waals surface area contributed by atoms with E-state index in [4.69, 9.17) is 22.1 Å². The quantitative estimate of drug-likeness (QED) is 0.841. The van der Waals surface area contributed by atoms with Crippen molar-refractivity contribution in [1.29, 1.82) is 0 Å². The van der Waals surface area contributed by atoms with Gasteiger partial charge in [0.25, 0.3) is 0 Å². The Hall–Kier alpha value is -1.10. The molecule has 106 valence electrons. The molecule has 0 aliphatic heterocycles.